The van der Waals surface area contributed by atoms with Gasteiger partial charge in [-0.25, -0.2) is 4.68 Å². The monoisotopic (exact) mass is 226 g/mol. The van der Waals surface area contributed by atoms with Gasteiger partial charge in [0.25, 0.3) is 0 Å². The molecule has 0 spiro atoms. The second kappa shape index (κ2) is 3.84. The molecule has 1 aromatic heterocycles. The number of rotatable bonds is 2. The van der Waals surface area contributed by atoms with Crippen LogP contribution in [0, 0.1) is 6.92 Å². The zero-order valence-electron chi connectivity index (χ0n) is 9.81. The van der Waals surface area contributed by atoms with Gasteiger partial charge in [0.1, 0.15) is 5.69 Å². The highest BCUT2D eigenvalue weighted by Gasteiger charge is 2.22. The first kappa shape index (κ1) is 10.3. The lowest BCUT2D eigenvalue weighted by Crippen LogP contribution is -2.01. The van der Waals surface area contributed by atoms with E-state index >= 15 is 0 Å². The van der Waals surface area contributed by atoms with Crippen LogP contribution in [-0.4, -0.2) is 16.1 Å². The maximum Gasteiger partial charge on any atom is 0.170 e. The second-order valence-electron chi connectivity index (χ2n) is 4.53. The van der Waals surface area contributed by atoms with Gasteiger partial charge in [-0.05, 0) is 43.9 Å². The summed E-state index contributed by atoms with van der Waals surface area (Å²) in [4.78, 5) is 11.0. The summed E-state index contributed by atoms with van der Waals surface area (Å²) in [6.07, 6.45) is 4.00. The summed E-state index contributed by atoms with van der Waals surface area (Å²) in [5, 5.41) is 4.41. The molecule has 0 radical (unpaired) electrons. The van der Waals surface area contributed by atoms with E-state index in [0.29, 0.717) is 5.69 Å². The van der Waals surface area contributed by atoms with Crippen LogP contribution in [0.25, 0.3) is 5.69 Å². The lowest BCUT2D eigenvalue weighted by Gasteiger charge is -2.05. The SMILES string of the molecule is Cc1cccc(-n2nc(C=O)c3c2CCC3)c1. The lowest BCUT2D eigenvalue weighted by atomic mass is 10.2. The summed E-state index contributed by atoms with van der Waals surface area (Å²) >= 11 is 0. The zero-order chi connectivity index (χ0) is 11.8. The Morgan fingerprint density at radius 1 is 1.35 bits per heavy atom. The molecule has 0 bridgehead atoms. The number of hydrogen-bond acceptors (Lipinski definition) is 2. The van der Waals surface area contributed by atoms with E-state index < -0.39 is 0 Å². The molecule has 3 nitrogen and oxygen atoms in total. The summed E-state index contributed by atoms with van der Waals surface area (Å²) in [6, 6.07) is 8.22. The van der Waals surface area contributed by atoms with Crippen LogP contribution in [-0.2, 0) is 12.8 Å². The molecule has 1 heterocycles. The summed E-state index contributed by atoms with van der Waals surface area (Å²) in [5.41, 5.74) is 5.21. The van der Waals surface area contributed by atoms with E-state index in [-0.39, 0.29) is 0 Å². The number of fused-ring (bicyclic) bond motifs is 1. The van der Waals surface area contributed by atoms with Gasteiger partial charge >= 0.3 is 0 Å². The summed E-state index contributed by atoms with van der Waals surface area (Å²) in [5.74, 6) is 0. The first-order valence-corrected chi connectivity index (χ1v) is 5.92. The molecule has 0 saturated heterocycles. The molecule has 0 unspecified atom stereocenters. The van der Waals surface area contributed by atoms with E-state index in [1.54, 1.807) is 0 Å². The van der Waals surface area contributed by atoms with Gasteiger partial charge in [-0.1, -0.05) is 12.1 Å². The van der Waals surface area contributed by atoms with Crippen LogP contribution in [0.5, 0.6) is 0 Å². The smallest absolute Gasteiger partial charge is 0.170 e. The Bertz CT molecular complexity index is 584. The Labute approximate surface area is 100 Å². The number of carbonyl (C=O) groups excluding carboxylic acids is 1. The Balaban J connectivity index is 2.18. The zero-order valence-corrected chi connectivity index (χ0v) is 9.81. The molecule has 0 saturated carbocycles. The van der Waals surface area contributed by atoms with Crippen LogP contribution in [0.2, 0.25) is 0 Å². The third-order valence-electron chi connectivity index (χ3n) is 3.32. The summed E-state index contributed by atoms with van der Waals surface area (Å²) in [6.45, 7) is 2.06. The molecule has 3 heteroatoms. The molecule has 86 valence electrons. The molecule has 0 aliphatic heterocycles. The molecular formula is C14H14N2O. The quantitative estimate of drug-likeness (QED) is 0.737. The standard InChI is InChI=1S/C14H14N2O/c1-10-4-2-5-11(8-10)16-14-7-3-6-12(14)13(9-17)15-16/h2,4-5,8-9H,3,6-7H2,1H3. The molecule has 1 aromatic carbocycles. The number of hydrogen-bond donors (Lipinski definition) is 0. The topological polar surface area (TPSA) is 34.9 Å². The molecule has 2 aromatic rings. The minimum absolute atomic E-state index is 0.610. The van der Waals surface area contributed by atoms with Crippen LogP contribution in [0.1, 0.15) is 33.7 Å². The average Bonchev–Trinajstić information content (AvgIpc) is 2.89. The second-order valence-corrected chi connectivity index (χ2v) is 4.53. The van der Waals surface area contributed by atoms with Crippen molar-refractivity contribution in [2.75, 3.05) is 0 Å². The van der Waals surface area contributed by atoms with Crippen molar-refractivity contribution in [1.29, 1.82) is 0 Å². The van der Waals surface area contributed by atoms with Crippen molar-refractivity contribution in [3.8, 4) is 5.69 Å². The normalized spacial score (nSPS) is 13.7. The number of aldehydes is 1. The highest BCUT2D eigenvalue weighted by molar-refractivity contribution is 5.75. The van der Waals surface area contributed by atoms with Crippen LogP contribution >= 0.6 is 0 Å². The van der Waals surface area contributed by atoms with Crippen molar-refractivity contribution in [1.82, 2.24) is 9.78 Å². The van der Waals surface area contributed by atoms with Crippen LogP contribution in [0.15, 0.2) is 24.3 Å². The third kappa shape index (κ3) is 1.58. The first-order valence-electron chi connectivity index (χ1n) is 5.92. The van der Waals surface area contributed by atoms with Crippen molar-refractivity contribution in [2.45, 2.75) is 26.2 Å². The Morgan fingerprint density at radius 2 is 2.24 bits per heavy atom. The van der Waals surface area contributed by atoms with Gasteiger partial charge in [0, 0.05) is 11.3 Å². The maximum absolute atomic E-state index is 11.0. The fraction of sp³-hybridized carbons (Fsp3) is 0.286. The average molecular weight is 226 g/mol. The largest absolute Gasteiger partial charge is 0.296 e. The van der Waals surface area contributed by atoms with E-state index in [9.17, 15) is 4.79 Å². The van der Waals surface area contributed by atoms with Gasteiger partial charge in [0.05, 0.1) is 5.69 Å². The molecule has 17 heavy (non-hydrogen) atoms. The minimum atomic E-state index is 0.610. The van der Waals surface area contributed by atoms with Gasteiger partial charge < -0.3 is 0 Å². The van der Waals surface area contributed by atoms with Gasteiger partial charge in [-0.2, -0.15) is 5.10 Å². The highest BCUT2D eigenvalue weighted by Crippen LogP contribution is 2.27. The van der Waals surface area contributed by atoms with Crippen LogP contribution in [0.4, 0.5) is 0 Å². The van der Waals surface area contributed by atoms with Gasteiger partial charge in [0.2, 0.25) is 0 Å². The molecule has 0 atom stereocenters. The van der Waals surface area contributed by atoms with E-state index in [2.05, 4.69) is 24.2 Å². The van der Waals surface area contributed by atoms with E-state index in [0.717, 1.165) is 36.8 Å². The molecule has 0 fully saturated rings. The predicted molar refractivity (Wildman–Crippen MR) is 65.7 cm³/mol. The predicted octanol–water partition coefficient (Wildman–Crippen LogP) is 2.48. The van der Waals surface area contributed by atoms with Crippen LogP contribution < -0.4 is 0 Å². The number of aryl methyl sites for hydroxylation is 1. The van der Waals surface area contributed by atoms with E-state index in [4.69, 9.17) is 0 Å². The Hall–Kier alpha value is -1.90. The van der Waals surface area contributed by atoms with Crippen molar-refractivity contribution in [2.24, 2.45) is 0 Å². The van der Waals surface area contributed by atoms with Crippen LogP contribution in [0.3, 0.4) is 0 Å². The summed E-state index contributed by atoms with van der Waals surface area (Å²) < 4.78 is 1.93. The van der Waals surface area contributed by atoms with E-state index in [1.165, 1.54) is 11.3 Å². The highest BCUT2D eigenvalue weighted by atomic mass is 16.1. The Kier molecular flexibility index (Phi) is 2.32. The van der Waals surface area contributed by atoms with Gasteiger partial charge in [-0.3, -0.25) is 4.79 Å². The van der Waals surface area contributed by atoms with Gasteiger partial charge in [-0.15, -0.1) is 0 Å². The van der Waals surface area contributed by atoms with Crippen molar-refractivity contribution in [3.63, 3.8) is 0 Å². The molecule has 1 aliphatic rings. The lowest BCUT2D eigenvalue weighted by molar-refractivity contribution is 0.111. The van der Waals surface area contributed by atoms with E-state index in [1.807, 2.05) is 16.8 Å². The third-order valence-corrected chi connectivity index (χ3v) is 3.32. The first-order chi connectivity index (χ1) is 8.29. The maximum atomic E-state index is 11.0. The number of carbonyl (C=O) groups is 1. The molecule has 1 aliphatic carbocycles. The fourth-order valence-corrected chi connectivity index (χ4v) is 2.53. The molecular weight excluding hydrogens is 212 g/mol. The molecule has 0 N–H and O–H groups in total. The van der Waals surface area contributed by atoms with Crippen molar-refractivity contribution in [3.05, 3.63) is 46.8 Å². The minimum Gasteiger partial charge on any atom is -0.296 e. The number of nitrogens with zero attached hydrogens (tertiary/aromatic N) is 2. The van der Waals surface area contributed by atoms with Gasteiger partial charge in [0.15, 0.2) is 6.29 Å². The summed E-state index contributed by atoms with van der Waals surface area (Å²) in [7, 11) is 0. The molecule has 0 amide bonds. The number of aromatic nitrogens is 2. The molecule has 3 rings (SSSR count). The van der Waals surface area contributed by atoms with Crippen molar-refractivity contribution >= 4 is 6.29 Å². The van der Waals surface area contributed by atoms with Crippen molar-refractivity contribution < 1.29 is 4.79 Å². The fourth-order valence-electron chi connectivity index (χ4n) is 2.53. The Morgan fingerprint density at radius 3 is 3.00 bits per heavy atom. The number of benzene rings is 1.